The summed E-state index contributed by atoms with van der Waals surface area (Å²) in [5.74, 6) is 2.12. The van der Waals surface area contributed by atoms with E-state index in [9.17, 15) is 4.79 Å². The Morgan fingerprint density at radius 3 is 2.55 bits per heavy atom. The second kappa shape index (κ2) is 8.15. The molecule has 0 fully saturated rings. The van der Waals surface area contributed by atoms with Gasteiger partial charge in [-0.3, -0.25) is 4.79 Å². The maximum Gasteiger partial charge on any atom is 0.140 e. The van der Waals surface area contributed by atoms with Gasteiger partial charge in [0.1, 0.15) is 17.9 Å². The molecule has 0 aromatic carbocycles. The van der Waals surface area contributed by atoms with Gasteiger partial charge in [-0.25, -0.2) is 9.67 Å². The molecule has 20 heavy (non-hydrogen) atoms. The highest BCUT2D eigenvalue weighted by atomic mass is 16.1. The minimum Gasteiger partial charge on any atom is -0.330 e. The van der Waals surface area contributed by atoms with Crippen LogP contribution in [-0.2, 0) is 11.2 Å². The van der Waals surface area contributed by atoms with Crippen molar-refractivity contribution in [3.63, 3.8) is 0 Å². The molecule has 0 saturated heterocycles. The highest BCUT2D eigenvalue weighted by molar-refractivity contribution is 5.80. The molecule has 5 nitrogen and oxygen atoms in total. The fraction of sp³-hybridized carbons (Fsp3) is 0.800. The molecule has 114 valence electrons. The number of carbonyl (C=O) groups excluding carboxylic acids is 1. The summed E-state index contributed by atoms with van der Waals surface area (Å²) >= 11 is 0. The van der Waals surface area contributed by atoms with E-state index in [0.29, 0.717) is 31.2 Å². The van der Waals surface area contributed by atoms with Gasteiger partial charge in [0.25, 0.3) is 0 Å². The maximum absolute atomic E-state index is 12.1. The Bertz CT molecular complexity index is 412. The molecule has 1 rings (SSSR count). The van der Waals surface area contributed by atoms with Crippen LogP contribution < -0.4 is 5.73 Å². The van der Waals surface area contributed by atoms with Crippen LogP contribution in [-0.4, -0.2) is 27.1 Å². The largest absolute Gasteiger partial charge is 0.330 e. The van der Waals surface area contributed by atoms with Crippen molar-refractivity contribution in [3.8, 4) is 0 Å². The number of Topliss-reactive ketones (excluding diaryl/α,β-unsaturated/α-hetero) is 1. The lowest BCUT2D eigenvalue weighted by Gasteiger charge is -2.19. The summed E-state index contributed by atoms with van der Waals surface area (Å²) in [6.45, 7) is 9.16. The van der Waals surface area contributed by atoms with Crippen molar-refractivity contribution in [1.82, 2.24) is 14.8 Å². The molecule has 5 heteroatoms. The first-order chi connectivity index (χ1) is 9.45. The Kier molecular flexibility index (Phi) is 6.85. The summed E-state index contributed by atoms with van der Waals surface area (Å²) in [4.78, 5) is 16.3. The Balaban J connectivity index is 2.49. The van der Waals surface area contributed by atoms with Crippen LogP contribution in [0.4, 0.5) is 0 Å². The monoisotopic (exact) mass is 280 g/mol. The number of ketones is 1. The first kappa shape index (κ1) is 16.8. The van der Waals surface area contributed by atoms with Crippen LogP contribution in [0.5, 0.6) is 0 Å². The highest BCUT2D eigenvalue weighted by Gasteiger charge is 2.16. The van der Waals surface area contributed by atoms with Gasteiger partial charge in [-0.1, -0.05) is 13.8 Å². The van der Waals surface area contributed by atoms with Crippen molar-refractivity contribution in [2.24, 2.45) is 17.6 Å². The van der Waals surface area contributed by atoms with E-state index in [0.717, 1.165) is 18.7 Å². The van der Waals surface area contributed by atoms with E-state index in [-0.39, 0.29) is 11.8 Å². The Morgan fingerprint density at radius 2 is 2.00 bits per heavy atom. The standard InChI is InChI=1S/C15H28N4O/c1-11(2)13(7-8-16)5-6-14(20)9-15-17-10-18-19(15)12(3)4/h10-13H,5-9,16H2,1-4H3. The number of hydrogen-bond donors (Lipinski definition) is 1. The molecule has 1 heterocycles. The molecule has 0 radical (unpaired) electrons. The van der Waals surface area contributed by atoms with Crippen LogP contribution in [0.3, 0.4) is 0 Å². The summed E-state index contributed by atoms with van der Waals surface area (Å²) in [7, 11) is 0. The van der Waals surface area contributed by atoms with Gasteiger partial charge in [-0.2, -0.15) is 5.10 Å². The Labute approximate surface area is 122 Å². The molecule has 0 bridgehead atoms. The smallest absolute Gasteiger partial charge is 0.140 e. The summed E-state index contributed by atoms with van der Waals surface area (Å²) < 4.78 is 1.82. The normalized spacial score (nSPS) is 13.2. The zero-order valence-electron chi connectivity index (χ0n) is 13.2. The van der Waals surface area contributed by atoms with E-state index in [1.54, 1.807) is 0 Å². The van der Waals surface area contributed by atoms with E-state index in [4.69, 9.17) is 5.73 Å². The average molecular weight is 280 g/mol. The first-order valence-electron chi connectivity index (χ1n) is 7.55. The van der Waals surface area contributed by atoms with Gasteiger partial charge in [0, 0.05) is 12.5 Å². The number of nitrogens with zero attached hydrogens (tertiary/aromatic N) is 3. The molecular weight excluding hydrogens is 252 g/mol. The van der Waals surface area contributed by atoms with Gasteiger partial charge >= 0.3 is 0 Å². The number of rotatable bonds is 9. The van der Waals surface area contributed by atoms with Crippen molar-refractivity contribution in [2.45, 2.75) is 59.4 Å². The van der Waals surface area contributed by atoms with Crippen LogP contribution in [0.1, 0.15) is 58.8 Å². The number of nitrogens with two attached hydrogens (primary N) is 1. The number of carbonyl (C=O) groups is 1. The van der Waals surface area contributed by atoms with Gasteiger partial charge in [-0.05, 0) is 45.1 Å². The molecule has 0 amide bonds. The van der Waals surface area contributed by atoms with Crippen molar-refractivity contribution in [2.75, 3.05) is 6.54 Å². The van der Waals surface area contributed by atoms with Crippen LogP contribution >= 0.6 is 0 Å². The zero-order valence-corrected chi connectivity index (χ0v) is 13.2. The molecular formula is C15H28N4O. The lowest BCUT2D eigenvalue weighted by Crippen LogP contribution is -2.17. The molecule has 0 saturated carbocycles. The van der Waals surface area contributed by atoms with Gasteiger partial charge in [0.05, 0.1) is 6.42 Å². The summed E-state index contributed by atoms with van der Waals surface area (Å²) in [5.41, 5.74) is 5.63. The fourth-order valence-corrected chi connectivity index (χ4v) is 2.47. The molecule has 0 aliphatic heterocycles. The first-order valence-corrected chi connectivity index (χ1v) is 7.55. The van der Waals surface area contributed by atoms with E-state index < -0.39 is 0 Å². The summed E-state index contributed by atoms with van der Waals surface area (Å²) in [6, 6.07) is 0.237. The molecule has 0 aliphatic carbocycles. The van der Waals surface area contributed by atoms with Crippen molar-refractivity contribution < 1.29 is 4.79 Å². The lowest BCUT2D eigenvalue weighted by molar-refractivity contribution is -0.119. The van der Waals surface area contributed by atoms with E-state index in [1.165, 1.54) is 6.33 Å². The van der Waals surface area contributed by atoms with Crippen LogP contribution in [0.15, 0.2) is 6.33 Å². The van der Waals surface area contributed by atoms with Crippen LogP contribution in [0.2, 0.25) is 0 Å². The van der Waals surface area contributed by atoms with Crippen molar-refractivity contribution in [1.29, 1.82) is 0 Å². The Hall–Kier alpha value is -1.23. The second-order valence-electron chi connectivity index (χ2n) is 6.05. The third kappa shape index (κ3) is 5.04. The van der Waals surface area contributed by atoms with Crippen molar-refractivity contribution in [3.05, 3.63) is 12.2 Å². The number of hydrogen-bond acceptors (Lipinski definition) is 4. The molecule has 1 aromatic rings. The summed E-state index contributed by atoms with van der Waals surface area (Å²) in [5, 5.41) is 4.16. The summed E-state index contributed by atoms with van der Waals surface area (Å²) in [6.07, 6.45) is 4.42. The van der Waals surface area contributed by atoms with Crippen LogP contribution in [0.25, 0.3) is 0 Å². The van der Waals surface area contributed by atoms with Crippen molar-refractivity contribution >= 4 is 5.78 Å². The minimum absolute atomic E-state index is 0.237. The van der Waals surface area contributed by atoms with Crippen LogP contribution in [0, 0.1) is 11.8 Å². The minimum atomic E-state index is 0.237. The van der Waals surface area contributed by atoms with Gasteiger partial charge in [0.2, 0.25) is 0 Å². The maximum atomic E-state index is 12.1. The third-order valence-electron chi connectivity index (χ3n) is 3.77. The fourth-order valence-electron chi connectivity index (χ4n) is 2.47. The molecule has 0 spiro atoms. The van der Waals surface area contributed by atoms with Gasteiger partial charge < -0.3 is 5.73 Å². The zero-order chi connectivity index (χ0) is 15.1. The molecule has 0 aliphatic rings. The van der Waals surface area contributed by atoms with E-state index in [2.05, 4.69) is 23.9 Å². The SMILES string of the molecule is CC(C)C(CCN)CCC(=O)Cc1ncnn1C(C)C. The predicted molar refractivity (Wildman–Crippen MR) is 80.4 cm³/mol. The molecule has 1 aromatic heterocycles. The van der Waals surface area contributed by atoms with E-state index in [1.807, 2.05) is 18.5 Å². The average Bonchev–Trinajstić information content (AvgIpc) is 2.82. The van der Waals surface area contributed by atoms with Gasteiger partial charge in [0.15, 0.2) is 0 Å². The lowest BCUT2D eigenvalue weighted by atomic mass is 9.87. The second-order valence-corrected chi connectivity index (χ2v) is 6.05. The van der Waals surface area contributed by atoms with Gasteiger partial charge in [-0.15, -0.1) is 0 Å². The third-order valence-corrected chi connectivity index (χ3v) is 3.77. The predicted octanol–water partition coefficient (Wildman–Crippen LogP) is 2.37. The topological polar surface area (TPSA) is 73.8 Å². The van der Waals surface area contributed by atoms with E-state index >= 15 is 0 Å². The quantitative estimate of drug-likeness (QED) is 0.753. The highest BCUT2D eigenvalue weighted by Crippen LogP contribution is 2.21. The molecule has 1 atom stereocenters. The number of aromatic nitrogens is 3. The Morgan fingerprint density at radius 1 is 1.30 bits per heavy atom. The molecule has 1 unspecified atom stereocenters. The molecule has 2 N–H and O–H groups in total.